The normalized spacial score (nSPS) is 25.4. The maximum Gasteiger partial charge on any atom is 0.110 e. The zero-order chi connectivity index (χ0) is 14.1. The molecule has 0 bridgehead atoms. The summed E-state index contributed by atoms with van der Waals surface area (Å²) in [6.45, 7) is 2.55. The molecule has 1 saturated heterocycles. The molecule has 0 spiro atoms. The van der Waals surface area contributed by atoms with Gasteiger partial charge >= 0.3 is 0 Å². The van der Waals surface area contributed by atoms with Gasteiger partial charge in [-0.3, -0.25) is 0 Å². The zero-order valence-electron chi connectivity index (χ0n) is 12.7. The number of benzene rings is 1. The van der Waals surface area contributed by atoms with E-state index < -0.39 is 0 Å². The molecule has 112 valence electrons. The molecule has 1 aliphatic heterocycles. The molecule has 3 nitrogen and oxygen atoms in total. The number of nitrogens with one attached hydrogen (secondary N) is 1. The highest BCUT2D eigenvalue weighted by atomic mass is 15.2. The van der Waals surface area contributed by atoms with Crippen molar-refractivity contribution in [2.75, 3.05) is 13.1 Å². The van der Waals surface area contributed by atoms with E-state index in [9.17, 15) is 0 Å². The van der Waals surface area contributed by atoms with Gasteiger partial charge in [-0.2, -0.15) is 0 Å². The Hall–Kier alpha value is -1.35. The Bertz CT molecular complexity index is 564. The Balaban J connectivity index is 1.48. The van der Waals surface area contributed by atoms with Crippen LogP contribution in [0.1, 0.15) is 56.7 Å². The number of rotatable bonds is 2. The number of nitrogens with zero attached hydrogens (tertiary/aromatic N) is 2. The van der Waals surface area contributed by atoms with Crippen LogP contribution >= 0.6 is 0 Å². The first-order valence-corrected chi connectivity index (χ1v) is 8.59. The predicted octanol–water partition coefficient (Wildman–Crippen LogP) is 4.08. The van der Waals surface area contributed by atoms with Crippen molar-refractivity contribution in [1.29, 1.82) is 0 Å². The van der Waals surface area contributed by atoms with Gasteiger partial charge in [-0.1, -0.05) is 25.0 Å². The molecule has 1 aliphatic carbocycles. The van der Waals surface area contributed by atoms with Gasteiger partial charge in [0, 0.05) is 12.0 Å². The summed E-state index contributed by atoms with van der Waals surface area (Å²) < 4.78 is 0. The molecule has 1 unspecified atom stereocenters. The van der Waals surface area contributed by atoms with Crippen LogP contribution in [0.15, 0.2) is 24.3 Å². The van der Waals surface area contributed by atoms with Crippen molar-refractivity contribution in [3.63, 3.8) is 0 Å². The van der Waals surface area contributed by atoms with Gasteiger partial charge in [-0.15, -0.1) is 0 Å². The lowest BCUT2D eigenvalue weighted by molar-refractivity contribution is 0.205. The SMILES string of the molecule is c1ccc2[nH]c(C3CCCN(C4CCCC4)CC3)nc2c1. The number of fused-ring (bicyclic) bond motifs is 1. The van der Waals surface area contributed by atoms with Crippen LogP contribution in [0.3, 0.4) is 0 Å². The fraction of sp³-hybridized carbons (Fsp3) is 0.611. The lowest BCUT2D eigenvalue weighted by atomic mass is 10.0. The van der Waals surface area contributed by atoms with Gasteiger partial charge in [0.2, 0.25) is 0 Å². The predicted molar refractivity (Wildman–Crippen MR) is 86.5 cm³/mol. The summed E-state index contributed by atoms with van der Waals surface area (Å²) in [6, 6.07) is 9.27. The van der Waals surface area contributed by atoms with Crippen LogP contribution in [0.2, 0.25) is 0 Å². The van der Waals surface area contributed by atoms with Crippen molar-refractivity contribution < 1.29 is 0 Å². The summed E-state index contributed by atoms with van der Waals surface area (Å²) >= 11 is 0. The number of aromatic amines is 1. The molecule has 2 fully saturated rings. The Labute approximate surface area is 126 Å². The highest BCUT2D eigenvalue weighted by molar-refractivity contribution is 5.74. The van der Waals surface area contributed by atoms with E-state index in [1.807, 2.05) is 0 Å². The molecular formula is C18H25N3. The molecule has 1 aromatic carbocycles. The fourth-order valence-electron chi connectivity index (χ4n) is 4.19. The average Bonchev–Trinajstić information content (AvgIpc) is 3.12. The van der Waals surface area contributed by atoms with E-state index in [0.29, 0.717) is 5.92 Å². The van der Waals surface area contributed by atoms with Gasteiger partial charge < -0.3 is 9.88 Å². The van der Waals surface area contributed by atoms with Crippen LogP contribution in [0.4, 0.5) is 0 Å². The van der Waals surface area contributed by atoms with E-state index in [4.69, 9.17) is 4.98 Å². The van der Waals surface area contributed by atoms with Crippen molar-refractivity contribution in [3.05, 3.63) is 30.1 Å². The van der Waals surface area contributed by atoms with Crippen LogP contribution in [0.25, 0.3) is 11.0 Å². The van der Waals surface area contributed by atoms with Crippen molar-refractivity contribution in [3.8, 4) is 0 Å². The molecule has 2 heterocycles. The highest BCUT2D eigenvalue weighted by Crippen LogP contribution is 2.31. The smallest absolute Gasteiger partial charge is 0.110 e. The Morgan fingerprint density at radius 3 is 2.67 bits per heavy atom. The molecule has 21 heavy (non-hydrogen) atoms. The van der Waals surface area contributed by atoms with E-state index in [-0.39, 0.29) is 0 Å². The third-order valence-electron chi connectivity index (χ3n) is 5.40. The number of H-pyrrole nitrogens is 1. The van der Waals surface area contributed by atoms with Gasteiger partial charge in [-0.05, 0) is 57.3 Å². The third-order valence-corrected chi connectivity index (χ3v) is 5.40. The van der Waals surface area contributed by atoms with Crippen molar-refractivity contribution >= 4 is 11.0 Å². The first-order chi connectivity index (χ1) is 10.4. The van der Waals surface area contributed by atoms with Gasteiger partial charge in [-0.25, -0.2) is 4.98 Å². The minimum Gasteiger partial charge on any atom is -0.342 e. The number of hydrogen-bond acceptors (Lipinski definition) is 2. The fourth-order valence-corrected chi connectivity index (χ4v) is 4.19. The van der Waals surface area contributed by atoms with E-state index in [2.05, 4.69) is 34.1 Å². The minimum absolute atomic E-state index is 0.615. The van der Waals surface area contributed by atoms with E-state index in [1.165, 1.54) is 69.4 Å². The second-order valence-electron chi connectivity index (χ2n) is 6.74. The summed E-state index contributed by atoms with van der Waals surface area (Å²) in [5.41, 5.74) is 2.30. The summed E-state index contributed by atoms with van der Waals surface area (Å²) in [5.74, 6) is 1.83. The summed E-state index contributed by atoms with van der Waals surface area (Å²) in [7, 11) is 0. The Morgan fingerprint density at radius 2 is 1.81 bits per heavy atom. The lowest BCUT2D eigenvalue weighted by Gasteiger charge is -2.27. The zero-order valence-corrected chi connectivity index (χ0v) is 12.7. The average molecular weight is 283 g/mol. The van der Waals surface area contributed by atoms with Gasteiger partial charge in [0.1, 0.15) is 5.82 Å². The van der Waals surface area contributed by atoms with E-state index >= 15 is 0 Å². The third kappa shape index (κ3) is 2.71. The van der Waals surface area contributed by atoms with Crippen LogP contribution in [-0.2, 0) is 0 Å². The summed E-state index contributed by atoms with van der Waals surface area (Å²) in [6.07, 6.45) is 9.59. The van der Waals surface area contributed by atoms with Crippen molar-refractivity contribution in [2.45, 2.75) is 56.9 Å². The molecule has 1 aromatic heterocycles. The quantitative estimate of drug-likeness (QED) is 0.900. The van der Waals surface area contributed by atoms with Crippen LogP contribution < -0.4 is 0 Å². The van der Waals surface area contributed by atoms with Crippen LogP contribution in [0, 0.1) is 0 Å². The summed E-state index contributed by atoms with van der Waals surface area (Å²) in [5, 5.41) is 0. The van der Waals surface area contributed by atoms with Gasteiger partial charge in [0.05, 0.1) is 11.0 Å². The van der Waals surface area contributed by atoms with Gasteiger partial charge in [0.25, 0.3) is 0 Å². The molecule has 0 radical (unpaired) electrons. The Morgan fingerprint density at radius 1 is 0.952 bits per heavy atom. The highest BCUT2D eigenvalue weighted by Gasteiger charge is 2.26. The second kappa shape index (κ2) is 5.80. The number of para-hydroxylation sites is 2. The molecule has 1 atom stereocenters. The standard InChI is InChI=1S/C18H25N3/c1-2-8-15(7-1)21-12-5-6-14(11-13-21)18-19-16-9-3-4-10-17(16)20-18/h3-4,9-10,14-15H,1-2,5-8,11-13H2,(H,19,20). The largest absolute Gasteiger partial charge is 0.342 e. The van der Waals surface area contributed by atoms with E-state index in [0.717, 1.165) is 11.6 Å². The maximum absolute atomic E-state index is 4.83. The van der Waals surface area contributed by atoms with Crippen LogP contribution in [-0.4, -0.2) is 34.0 Å². The van der Waals surface area contributed by atoms with E-state index in [1.54, 1.807) is 0 Å². The van der Waals surface area contributed by atoms with Crippen LogP contribution in [0.5, 0.6) is 0 Å². The first-order valence-electron chi connectivity index (χ1n) is 8.59. The number of hydrogen-bond donors (Lipinski definition) is 1. The van der Waals surface area contributed by atoms with Gasteiger partial charge in [0.15, 0.2) is 0 Å². The lowest BCUT2D eigenvalue weighted by Crippen LogP contribution is -2.34. The minimum atomic E-state index is 0.615. The molecule has 2 aromatic rings. The molecule has 1 N–H and O–H groups in total. The summed E-state index contributed by atoms with van der Waals surface area (Å²) in [4.78, 5) is 11.1. The van der Waals surface area contributed by atoms with Crippen molar-refractivity contribution in [1.82, 2.24) is 14.9 Å². The number of likely N-dealkylation sites (tertiary alicyclic amines) is 1. The topological polar surface area (TPSA) is 31.9 Å². The molecule has 3 heteroatoms. The monoisotopic (exact) mass is 283 g/mol. The maximum atomic E-state index is 4.83. The molecule has 4 rings (SSSR count). The molecule has 1 saturated carbocycles. The first kappa shape index (κ1) is 13.3. The second-order valence-corrected chi connectivity index (χ2v) is 6.74. The number of aromatic nitrogens is 2. The Kier molecular flexibility index (Phi) is 3.68. The van der Waals surface area contributed by atoms with Crippen molar-refractivity contribution in [2.24, 2.45) is 0 Å². The number of imidazole rings is 1. The molecule has 0 amide bonds. The molecule has 2 aliphatic rings. The molecular weight excluding hydrogens is 258 g/mol.